The van der Waals surface area contributed by atoms with Crippen molar-refractivity contribution in [2.45, 2.75) is 18.9 Å². The summed E-state index contributed by atoms with van der Waals surface area (Å²) in [5.41, 5.74) is 0.546. The highest BCUT2D eigenvalue weighted by Gasteiger charge is 2.21. The molecule has 0 radical (unpaired) electrons. The molecule has 1 aromatic carbocycles. The fraction of sp³-hybridized carbons (Fsp3) is 0.333. The summed E-state index contributed by atoms with van der Waals surface area (Å²) in [6.07, 6.45) is 5.44. The van der Waals surface area contributed by atoms with Crippen molar-refractivity contribution in [1.82, 2.24) is 15.2 Å². The number of carbonyl (C=O) groups is 1. The number of piperidine rings is 1. The molecule has 1 amide bonds. The molecule has 120 valence electrons. The Balaban J connectivity index is 1.73. The zero-order valence-electron chi connectivity index (χ0n) is 13.2. The van der Waals surface area contributed by atoms with Crippen molar-refractivity contribution in [1.29, 1.82) is 0 Å². The molecule has 2 aromatic rings. The van der Waals surface area contributed by atoms with Crippen LogP contribution in [0.5, 0.6) is 11.5 Å². The highest BCUT2D eigenvalue weighted by molar-refractivity contribution is 5.97. The molecule has 0 unspecified atom stereocenters. The third kappa shape index (κ3) is 4.07. The van der Waals surface area contributed by atoms with Gasteiger partial charge >= 0.3 is 0 Å². The molecule has 1 fully saturated rings. The number of pyridine rings is 1. The molecule has 1 aromatic heterocycles. The van der Waals surface area contributed by atoms with Gasteiger partial charge in [-0.1, -0.05) is 12.1 Å². The normalized spacial score (nSPS) is 18.4. The van der Waals surface area contributed by atoms with E-state index in [2.05, 4.69) is 22.2 Å². The van der Waals surface area contributed by atoms with E-state index < -0.39 is 0 Å². The van der Waals surface area contributed by atoms with Gasteiger partial charge in [0.15, 0.2) is 0 Å². The average Bonchev–Trinajstić information content (AvgIpc) is 2.56. The molecule has 3 rings (SSSR count). The first kappa shape index (κ1) is 15.5. The highest BCUT2D eigenvalue weighted by atomic mass is 16.5. The van der Waals surface area contributed by atoms with Gasteiger partial charge in [0.25, 0.3) is 5.91 Å². The van der Waals surface area contributed by atoms with Gasteiger partial charge in [0.1, 0.15) is 11.5 Å². The van der Waals surface area contributed by atoms with Gasteiger partial charge in [-0.3, -0.25) is 9.78 Å². The third-order valence-electron chi connectivity index (χ3n) is 3.95. The van der Waals surface area contributed by atoms with E-state index in [4.69, 9.17) is 4.74 Å². The lowest BCUT2D eigenvalue weighted by Gasteiger charge is -2.30. The molecular weight excluding hydrogens is 290 g/mol. The number of hydrogen-bond donors (Lipinski definition) is 1. The lowest BCUT2D eigenvalue weighted by Crippen LogP contribution is -2.46. The van der Waals surface area contributed by atoms with Gasteiger partial charge in [-0.15, -0.1) is 0 Å². The summed E-state index contributed by atoms with van der Waals surface area (Å²) in [6.45, 7) is 1.98. The molecule has 5 heteroatoms. The van der Waals surface area contributed by atoms with Crippen LogP contribution in [-0.4, -0.2) is 42.0 Å². The lowest BCUT2D eigenvalue weighted by molar-refractivity contribution is 0.0910. The topological polar surface area (TPSA) is 54.5 Å². The van der Waals surface area contributed by atoms with E-state index in [0.717, 1.165) is 25.9 Å². The molecule has 2 heterocycles. The maximum Gasteiger partial charge on any atom is 0.255 e. The average molecular weight is 311 g/mol. The second-order valence-electron chi connectivity index (χ2n) is 5.86. The van der Waals surface area contributed by atoms with Crippen molar-refractivity contribution < 1.29 is 9.53 Å². The van der Waals surface area contributed by atoms with E-state index in [1.54, 1.807) is 30.6 Å². The molecule has 0 bridgehead atoms. The largest absolute Gasteiger partial charge is 0.455 e. The van der Waals surface area contributed by atoms with Crippen LogP contribution in [0.1, 0.15) is 23.2 Å². The van der Waals surface area contributed by atoms with Crippen LogP contribution in [0.2, 0.25) is 0 Å². The van der Waals surface area contributed by atoms with E-state index in [9.17, 15) is 4.79 Å². The summed E-state index contributed by atoms with van der Waals surface area (Å²) in [4.78, 5) is 18.9. The van der Waals surface area contributed by atoms with E-state index in [-0.39, 0.29) is 11.9 Å². The Hall–Kier alpha value is -2.40. The number of ether oxygens (including phenoxy) is 1. The Kier molecular flexibility index (Phi) is 4.88. The number of rotatable bonds is 4. The van der Waals surface area contributed by atoms with Gasteiger partial charge in [-0.2, -0.15) is 0 Å². The number of likely N-dealkylation sites (N-methyl/N-ethyl adjacent to an activating group) is 1. The minimum atomic E-state index is -0.0928. The smallest absolute Gasteiger partial charge is 0.255 e. The molecule has 0 saturated carbocycles. The number of hydrogen-bond acceptors (Lipinski definition) is 4. The van der Waals surface area contributed by atoms with Crippen LogP contribution in [0, 0.1) is 0 Å². The third-order valence-corrected chi connectivity index (χ3v) is 3.95. The van der Waals surface area contributed by atoms with E-state index in [1.807, 2.05) is 18.2 Å². The number of nitrogens with one attached hydrogen (secondary N) is 1. The van der Waals surface area contributed by atoms with Crippen molar-refractivity contribution in [2.75, 3.05) is 20.1 Å². The van der Waals surface area contributed by atoms with Crippen LogP contribution in [-0.2, 0) is 0 Å². The van der Waals surface area contributed by atoms with Crippen LogP contribution in [0.4, 0.5) is 0 Å². The van der Waals surface area contributed by atoms with E-state index in [0.29, 0.717) is 17.1 Å². The Morgan fingerprint density at radius 3 is 2.96 bits per heavy atom. The van der Waals surface area contributed by atoms with Gasteiger partial charge in [-0.05, 0) is 50.7 Å². The van der Waals surface area contributed by atoms with Gasteiger partial charge in [0, 0.05) is 18.8 Å². The van der Waals surface area contributed by atoms with E-state index >= 15 is 0 Å². The summed E-state index contributed by atoms with van der Waals surface area (Å²) in [5, 5.41) is 3.12. The molecular formula is C18H21N3O2. The van der Waals surface area contributed by atoms with Crippen LogP contribution in [0.25, 0.3) is 0 Å². The number of nitrogens with zero attached hydrogens (tertiary/aromatic N) is 2. The number of aromatic nitrogens is 1. The first-order valence-corrected chi connectivity index (χ1v) is 7.88. The van der Waals surface area contributed by atoms with Crippen molar-refractivity contribution in [3.8, 4) is 11.5 Å². The molecule has 1 aliphatic rings. The van der Waals surface area contributed by atoms with Crippen molar-refractivity contribution in [3.05, 3.63) is 54.4 Å². The minimum absolute atomic E-state index is 0.0928. The van der Waals surface area contributed by atoms with Crippen molar-refractivity contribution in [2.24, 2.45) is 0 Å². The maximum atomic E-state index is 12.6. The minimum Gasteiger partial charge on any atom is -0.455 e. The summed E-state index contributed by atoms with van der Waals surface area (Å²) in [5.74, 6) is 1.07. The first-order chi connectivity index (χ1) is 11.2. The van der Waals surface area contributed by atoms with Gasteiger partial charge in [0.2, 0.25) is 0 Å². The second kappa shape index (κ2) is 7.24. The predicted molar refractivity (Wildman–Crippen MR) is 88.7 cm³/mol. The SMILES string of the molecule is CN1CCC[C@@H](NC(=O)c2ccccc2Oc2cccnc2)C1. The van der Waals surface area contributed by atoms with Crippen LogP contribution in [0.3, 0.4) is 0 Å². The summed E-state index contributed by atoms with van der Waals surface area (Å²) in [7, 11) is 2.08. The molecule has 1 saturated heterocycles. The lowest BCUT2D eigenvalue weighted by atomic mass is 10.1. The number of amides is 1. The Morgan fingerprint density at radius 2 is 2.17 bits per heavy atom. The molecule has 0 spiro atoms. The molecule has 1 aliphatic heterocycles. The monoisotopic (exact) mass is 311 g/mol. The molecule has 1 N–H and O–H groups in total. The van der Waals surface area contributed by atoms with Gasteiger partial charge in [0.05, 0.1) is 11.8 Å². The molecule has 5 nitrogen and oxygen atoms in total. The van der Waals surface area contributed by atoms with Crippen molar-refractivity contribution in [3.63, 3.8) is 0 Å². The Bertz CT molecular complexity index is 660. The molecule has 1 atom stereocenters. The Labute approximate surface area is 136 Å². The summed E-state index contributed by atoms with van der Waals surface area (Å²) < 4.78 is 5.81. The molecule has 0 aliphatic carbocycles. The zero-order chi connectivity index (χ0) is 16.1. The predicted octanol–water partition coefficient (Wildman–Crippen LogP) is 2.70. The van der Waals surface area contributed by atoms with E-state index in [1.165, 1.54) is 0 Å². The quantitative estimate of drug-likeness (QED) is 0.943. The van der Waals surface area contributed by atoms with Crippen LogP contribution >= 0.6 is 0 Å². The Morgan fingerprint density at radius 1 is 1.30 bits per heavy atom. The second-order valence-corrected chi connectivity index (χ2v) is 5.86. The van der Waals surface area contributed by atoms with Gasteiger partial charge < -0.3 is 15.0 Å². The van der Waals surface area contributed by atoms with Crippen molar-refractivity contribution >= 4 is 5.91 Å². The number of carbonyl (C=O) groups excluding carboxylic acids is 1. The number of para-hydroxylation sites is 1. The molecule has 23 heavy (non-hydrogen) atoms. The highest BCUT2D eigenvalue weighted by Crippen LogP contribution is 2.24. The fourth-order valence-corrected chi connectivity index (χ4v) is 2.83. The standard InChI is InChI=1S/C18H21N3O2/c1-21-11-5-6-14(13-21)20-18(22)16-8-2-3-9-17(16)23-15-7-4-10-19-12-15/h2-4,7-10,12,14H,5-6,11,13H2,1H3,(H,20,22)/t14-/m1/s1. The van der Waals surface area contributed by atoms with Crippen LogP contribution < -0.4 is 10.1 Å². The maximum absolute atomic E-state index is 12.6. The zero-order valence-corrected chi connectivity index (χ0v) is 13.2. The first-order valence-electron chi connectivity index (χ1n) is 7.88. The number of benzene rings is 1. The summed E-state index contributed by atoms with van der Waals surface area (Å²) >= 11 is 0. The van der Waals surface area contributed by atoms with Crippen LogP contribution in [0.15, 0.2) is 48.8 Å². The van der Waals surface area contributed by atoms with Gasteiger partial charge in [-0.25, -0.2) is 0 Å². The fourth-order valence-electron chi connectivity index (χ4n) is 2.83. The summed E-state index contributed by atoms with van der Waals surface area (Å²) in [6, 6.07) is 11.1. The number of likely N-dealkylation sites (tertiary alicyclic amines) is 1.